The van der Waals surface area contributed by atoms with Crippen molar-refractivity contribution >= 4 is 41.3 Å². The Morgan fingerprint density at radius 2 is 2.27 bits per heavy atom. The number of pyridine rings is 1. The summed E-state index contributed by atoms with van der Waals surface area (Å²) in [5, 5.41) is 6.32. The van der Waals surface area contributed by atoms with Crippen LogP contribution in [0.5, 0.6) is 5.75 Å². The molecule has 9 heteroatoms. The molecule has 26 heavy (non-hydrogen) atoms. The second-order valence-corrected chi connectivity index (χ2v) is 6.31. The van der Waals surface area contributed by atoms with Crippen molar-refractivity contribution in [2.75, 3.05) is 34.4 Å². The van der Waals surface area contributed by atoms with E-state index in [2.05, 4.69) is 25.7 Å². The number of aromatic nitrogens is 2. The summed E-state index contributed by atoms with van der Waals surface area (Å²) in [6, 6.07) is 3.73. The van der Waals surface area contributed by atoms with Crippen molar-refractivity contribution in [1.29, 1.82) is 0 Å². The van der Waals surface area contributed by atoms with Crippen LogP contribution in [0.25, 0.3) is 0 Å². The molecule has 7 nitrogen and oxygen atoms in total. The van der Waals surface area contributed by atoms with E-state index >= 15 is 0 Å². The van der Waals surface area contributed by atoms with Gasteiger partial charge < -0.3 is 19.7 Å². The number of guanidine groups is 1. The van der Waals surface area contributed by atoms with E-state index in [0.717, 1.165) is 22.4 Å². The summed E-state index contributed by atoms with van der Waals surface area (Å²) >= 11 is 1.61. The lowest BCUT2D eigenvalue weighted by Crippen LogP contribution is -2.40. The van der Waals surface area contributed by atoms with E-state index in [0.29, 0.717) is 19.7 Å². The molecule has 1 atom stereocenters. The quantitative estimate of drug-likeness (QED) is 0.265. The smallest absolute Gasteiger partial charge is 0.193 e. The summed E-state index contributed by atoms with van der Waals surface area (Å²) in [5.74, 6) is 1.55. The van der Waals surface area contributed by atoms with E-state index in [9.17, 15) is 0 Å². The van der Waals surface area contributed by atoms with Crippen molar-refractivity contribution in [3.8, 4) is 5.75 Å². The van der Waals surface area contributed by atoms with Crippen molar-refractivity contribution < 1.29 is 9.47 Å². The van der Waals surface area contributed by atoms with Gasteiger partial charge in [0.25, 0.3) is 0 Å². The first-order chi connectivity index (χ1) is 12.1. The zero-order valence-corrected chi connectivity index (χ0v) is 18.7. The lowest BCUT2D eigenvalue weighted by Gasteiger charge is -2.21. The van der Waals surface area contributed by atoms with Crippen LogP contribution in [0, 0.1) is 0 Å². The predicted octanol–water partition coefficient (Wildman–Crippen LogP) is 2.95. The zero-order valence-electron chi connectivity index (χ0n) is 15.5. The summed E-state index contributed by atoms with van der Waals surface area (Å²) in [4.78, 5) is 15.0. The van der Waals surface area contributed by atoms with E-state index in [1.807, 2.05) is 31.0 Å². The van der Waals surface area contributed by atoms with E-state index in [1.54, 1.807) is 37.9 Å². The minimum absolute atomic E-state index is 0. The van der Waals surface area contributed by atoms with Crippen LogP contribution in [0.4, 0.5) is 0 Å². The second kappa shape index (κ2) is 12.0. The van der Waals surface area contributed by atoms with Gasteiger partial charge >= 0.3 is 0 Å². The van der Waals surface area contributed by atoms with Gasteiger partial charge in [0.05, 0.1) is 25.0 Å². The van der Waals surface area contributed by atoms with Gasteiger partial charge in [-0.15, -0.1) is 35.3 Å². The number of methoxy groups -OCH3 is 1. The fourth-order valence-corrected chi connectivity index (χ4v) is 2.99. The molecule has 0 aromatic carbocycles. The lowest BCUT2D eigenvalue weighted by atomic mass is 10.4. The Labute approximate surface area is 175 Å². The van der Waals surface area contributed by atoms with Gasteiger partial charge in [-0.25, -0.2) is 4.98 Å². The Bertz CT molecular complexity index is 668. The van der Waals surface area contributed by atoms with Crippen molar-refractivity contribution in [1.82, 2.24) is 20.2 Å². The van der Waals surface area contributed by atoms with Gasteiger partial charge in [-0.3, -0.25) is 9.98 Å². The Balaban J connectivity index is 0.00000338. The molecule has 0 fully saturated rings. The Morgan fingerprint density at radius 1 is 1.46 bits per heavy atom. The van der Waals surface area contributed by atoms with Crippen LogP contribution in [0.15, 0.2) is 34.9 Å². The Morgan fingerprint density at radius 3 is 2.92 bits per heavy atom. The van der Waals surface area contributed by atoms with E-state index in [1.165, 1.54) is 0 Å². The number of rotatable bonds is 8. The number of nitrogens with zero attached hydrogens (tertiary/aromatic N) is 4. The first-order valence-corrected chi connectivity index (χ1v) is 8.93. The van der Waals surface area contributed by atoms with E-state index < -0.39 is 0 Å². The highest BCUT2D eigenvalue weighted by atomic mass is 127. The highest BCUT2D eigenvalue weighted by molar-refractivity contribution is 14.0. The molecule has 0 bridgehead atoms. The molecule has 0 spiro atoms. The van der Waals surface area contributed by atoms with Gasteiger partial charge in [0.1, 0.15) is 23.5 Å². The zero-order chi connectivity index (χ0) is 18.1. The van der Waals surface area contributed by atoms with Crippen molar-refractivity contribution in [3.05, 3.63) is 40.6 Å². The monoisotopic (exact) mass is 491 g/mol. The summed E-state index contributed by atoms with van der Waals surface area (Å²) in [5.41, 5.74) is 1.00. The average molecular weight is 491 g/mol. The molecule has 0 radical (unpaired) electrons. The molecular formula is C17H26IN5O2S. The average Bonchev–Trinajstić information content (AvgIpc) is 3.10. The normalized spacial score (nSPS) is 12.2. The first-order valence-electron chi connectivity index (χ1n) is 8.05. The van der Waals surface area contributed by atoms with E-state index in [-0.39, 0.29) is 30.1 Å². The maximum absolute atomic E-state index is 5.62. The van der Waals surface area contributed by atoms with Crippen LogP contribution in [0.3, 0.4) is 0 Å². The minimum atomic E-state index is 0. The first kappa shape index (κ1) is 22.6. The molecule has 2 rings (SSSR count). The van der Waals surface area contributed by atoms with Gasteiger partial charge in [-0.2, -0.15) is 0 Å². The number of hydrogen-bond acceptors (Lipinski definition) is 6. The van der Waals surface area contributed by atoms with Gasteiger partial charge in [-0.1, -0.05) is 0 Å². The molecule has 0 saturated carbocycles. The largest absolute Gasteiger partial charge is 0.490 e. The predicted molar refractivity (Wildman–Crippen MR) is 116 cm³/mol. The number of ether oxygens (including phenoxy) is 2. The number of aliphatic imine (C=N–C) groups is 1. The van der Waals surface area contributed by atoms with Gasteiger partial charge in [0.15, 0.2) is 5.96 Å². The number of hydrogen-bond donors (Lipinski definition) is 1. The fourth-order valence-electron chi connectivity index (χ4n) is 2.15. The standard InChI is InChI=1S/C17H25N5O2S.HI/c1-13(23-4)16-21-14(12-25-16)11-22(3)17(18-2)20-8-9-24-15-6-5-7-19-10-15;/h5-7,10,12-13H,8-9,11H2,1-4H3,(H,18,20);1H. The van der Waals surface area contributed by atoms with Crippen molar-refractivity contribution in [3.63, 3.8) is 0 Å². The van der Waals surface area contributed by atoms with Crippen LogP contribution in [0.2, 0.25) is 0 Å². The molecule has 2 aromatic heterocycles. The highest BCUT2D eigenvalue weighted by Gasteiger charge is 2.12. The molecular weight excluding hydrogens is 465 g/mol. The summed E-state index contributed by atoms with van der Waals surface area (Å²) in [6.07, 6.45) is 3.44. The van der Waals surface area contributed by atoms with Gasteiger partial charge in [-0.05, 0) is 19.1 Å². The second-order valence-electron chi connectivity index (χ2n) is 5.42. The molecule has 0 saturated heterocycles. The molecule has 1 unspecified atom stereocenters. The van der Waals surface area contributed by atoms with Crippen LogP contribution < -0.4 is 10.1 Å². The molecule has 0 aliphatic rings. The van der Waals surface area contributed by atoms with E-state index in [4.69, 9.17) is 9.47 Å². The third-order valence-corrected chi connectivity index (χ3v) is 4.59. The Kier molecular flexibility index (Phi) is 10.4. The molecule has 144 valence electrons. The summed E-state index contributed by atoms with van der Waals surface area (Å²) in [7, 11) is 5.44. The van der Waals surface area contributed by atoms with Gasteiger partial charge in [0.2, 0.25) is 0 Å². The number of thiazole rings is 1. The molecule has 1 N–H and O–H groups in total. The van der Waals surface area contributed by atoms with Crippen LogP contribution >= 0.6 is 35.3 Å². The van der Waals surface area contributed by atoms with Crippen LogP contribution in [-0.2, 0) is 11.3 Å². The maximum atomic E-state index is 5.62. The summed E-state index contributed by atoms with van der Waals surface area (Å²) in [6.45, 7) is 3.85. The van der Waals surface area contributed by atoms with Crippen LogP contribution in [0.1, 0.15) is 23.7 Å². The molecule has 0 amide bonds. The molecule has 0 aliphatic carbocycles. The van der Waals surface area contributed by atoms with Gasteiger partial charge in [0, 0.05) is 32.8 Å². The van der Waals surface area contributed by atoms with Crippen molar-refractivity contribution in [2.45, 2.75) is 19.6 Å². The Hall–Kier alpha value is -1.46. The van der Waals surface area contributed by atoms with Crippen molar-refractivity contribution in [2.24, 2.45) is 4.99 Å². The fraction of sp³-hybridized carbons (Fsp3) is 0.471. The topological polar surface area (TPSA) is 71.9 Å². The van der Waals surface area contributed by atoms with Crippen LogP contribution in [-0.4, -0.2) is 55.2 Å². The number of nitrogens with one attached hydrogen (secondary N) is 1. The lowest BCUT2D eigenvalue weighted by molar-refractivity contribution is 0.119. The SMILES string of the molecule is CN=C(NCCOc1cccnc1)N(C)Cc1csc(C(C)OC)n1.I. The summed E-state index contributed by atoms with van der Waals surface area (Å²) < 4.78 is 10.9. The molecule has 0 aliphatic heterocycles. The minimum Gasteiger partial charge on any atom is -0.490 e. The third kappa shape index (κ3) is 7.04. The molecule has 2 heterocycles. The highest BCUT2D eigenvalue weighted by Crippen LogP contribution is 2.20. The maximum Gasteiger partial charge on any atom is 0.193 e. The third-order valence-electron chi connectivity index (χ3n) is 3.53. The number of halogens is 1. The molecule has 2 aromatic rings.